The van der Waals surface area contributed by atoms with E-state index in [2.05, 4.69) is 20.5 Å². The van der Waals surface area contributed by atoms with Crippen molar-refractivity contribution >= 4 is 5.91 Å². The van der Waals surface area contributed by atoms with Gasteiger partial charge in [-0.1, -0.05) is 0 Å². The van der Waals surface area contributed by atoms with Crippen molar-refractivity contribution in [2.75, 3.05) is 0 Å². The highest BCUT2D eigenvalue weighted by atomic mass is 16.5. The van der Waals surface area contributed by atoms with Crippen molar-refractivity contribution < 1.29 is 9.53 Å². The van der Waals surface area contributed by atoms with Gasteiger partial charge in [0.15, 0.2) is 5.75 Å². The van der Waals surface area contributed by atoms with Gasteiger partial charge in [0.2, 0.25) is 0 Å². The van der Waals surface area contributed by atoms with E-state index in [-0.39, 0.29) is 18.1 Å². The number of aromatic amines is 1. The van der Waals surface area contributed by atoms with Crippen LogP contribution in [0.2, 0.25) is 0 Å². The molecule has 1 saturated carbocycles. The Hall–Kier alpha value is -2.37. The van der Waals surface area contributed by atoms with Gasteiger partial charge < -0.3 is 10.1 Å². The number of aromatic nitrogens is 3. The molecule has 6 nitrogen and oxygen atoms in total. The third-order valence-corrected chi connectivity index (χ3v) is 4.00. The molecule has 0 aromatic carbocycles. The smallest absolute Gasteiger partial charge is 0.253 e. The summed E-state index contributed by atoms with van der Waals surface area (Å²) < 4.78 is 5.89. The zero-order valence-corrected chi connectivity index (χ0v) is 12.8. The summed E-state index contributed by atoms with van der Waals surface area (Å²) in [4.78, 5) is 16.8. The highest BCUT2D eigenvalue weighted by Gasteiger charge is 2.31. The number of nitrogens with one attached hydrogen (secondary N) is 2. The Balaban J connectivity index is 1.67. The molecule has 0 radical (unpaired) electrons. The molecular formula is C16H20N4O2. The molecule has 2 aromatic heterocycles. The lowest BCUT2D eigenvalue weighted by atomic mass is 10.1. The number of aryl methyl sites for hydroxylation is 2. The maximum atomic E-state index is 12.5. The number of H-pyrrole nitrogens is 1. The fourth-order valence-electron chi connectivity index (χ4n) is 2.88. The SMILES string of the molecule is Cc1ccc(C(=O)N[C@H]2CCC[C@H]2Oc2cn[nH]c2)c(C)n1. The van der Waals surface area contributed by atoms with Crippen LogP contribution in [-0.2, 0) is 0 Å². The highest BCUT2D eigenvalue weighted by molar-refractivity contribution is 5.95. The third-order valence-electron chi connectivity index (χ3n) is 4.00. The van der Waals surface area contributed by atoms with Crippen LogP contribution in [0.25, 0.3) is 0 Å². The van der Waals surface area contributed by atoms with Gasteiger partial charge >= 0.3 is 0 Å². The number of rotatable bonds is 4. The van der Waals surface area contributed by atoms with E-state index in [0.29, 0.717) is 11.3 Å². The van der Waals surface area contributed by atoms with Crippen molar-refractivity contribution in [3.8, 4) is 5.75 Å². The second-order valence-electron chi connectivity index (χ2n) is 5.69. The molecule has 2 N–H and O–H groups in total. The van der Waals surface area contributed by atoms with Crippen LogP contribution in [0, 0.1) is 13.8 Å². The van der Waals surface area contributed by atoms with Crippen LogP contribution < -0.4 is 10.1 Å². The zero-order valence-electron chi connectivity index (χ0n) is 12.8. The molecule has 0 unspecified atom stereocenters. The molecule has 2 aromatic rings. The molecule has 0 saturated heterocycles. The quantitative estimate of drug-likeness (QED) is 0.906. The van der Waals surface area contributed by atoms with E-state index in [1.165, 1.54) is 0 Å². The first-order valence-corrected chi connectivity index (χ1v) is 7.54. The van der Waals surface area contributed by atoms with Crippen LogP contribution in [0.1, 0.15) is 41.0 Å². The Morgan fingerprint density at radius 2 is 2.23 bits per heavy atom. The molecule has 0 aliphatic heterocycles. The Bertz CT molecular complexity index is 654. The van der Waals surface area contributed by atoms with Crippen LogP contribution in [0.4, 0.5) is 0 Å². The van der Waals surface area contributed by atoms with Crippen molar-refractivity contribution in [2.45, 2.75) is 45.3 Å². The first-order chi connectivity index (χ1) is 10.6. The average Bonchev–Trinajstić information content (AvgIpc) is 3.12. The van der Waals surface area contributed by atoms with Gasteiger partial charge in [0.1, 0.15) is 6.10 Å². The number of carbonyl (C=O) groups excluding carboxylic acids is 1. The molecule has 6 heteroatoms. The first-order valence-electron chi connectivity index (χ1n) is 7.54. The lowest BCUT2D eigenvalue weighted by Gasteiger charge is -2.21. The predicted octanol–water partition coefficient (Wildman–Crippen LogP) is 2.15. The minimum absolute atomic E-state index is 0.0136. The fourth-order valence-corrected chi connectivity index (χ4v) is 2.88. The second-order valence-corrected chi connectivity index (χ2v) is 5.69. The molecule has 22 heavy (non-hydrogen) atoms. The number of hydrogen-bond donors (Lipinski definition) is 2. The largest absolute Gasteiger partial charge is 0.485 e. The molecule has 1 aliphatic rings. The zero-order chi connectivity index (χ0) is 15.5. The van der Waals surface area contributed by atoms with Crippen LogP contribution in [-0.4, -0.2) is 33.2 Å². The van der Waals surface area contributed by atoms with E-state index in [1.807, 2.05) is 26.0 Å². The number of ether oxygens (including phenoxy) is 1. The van der Waals surface area contributed by atoms with Gasteiger partial charge in [-0.3, -0.25) is 14.9 Å². The average molecular weight is 300 g/mol. The summed E-state index contributed by atoms with van der Waals surface area (Å²) in [5.41, 5.74) is 2.29. The van der Waals surface area contributed by atoms with E-state index in [9.17, 15) is 4.79 Å². The Labute approximate surface area is 129 Å². The van der Waals surface area contributed by atoms with Gasteiger partial charge in [-0.15, -0.1) is 0 Å². The van der Waals surface area contributed by atoms with Crippen molar-refractivity contribution in [1.29, 1.82) is 0 Å². The van der Waals surface area contributed by atoms with Crippen molar-refractivity contribution in [2.24, 2.45) is 0 Å². The van der Waals surface area contributed by atoms with Crippen LogP contribution in [0.15, 0.2) is 24.5 Å². The second kappa shape index (κ2) is 6.17. The fraction of sp³-hybridized carbons (Fsp3) is 0.438. The Kier molecular flexibility index (Phi) is 4.09. The summed E-state index contributed by atoms with van der Waals surface area (Å²) in [6.07, 6.45) is 6.24. The lowest BCUT2D eigenvalue weighted by molar-refractivity contribution is 0.0893. The van der Waals surface area contributed by atoms with Gasteiger partial charge in [-0.2, -0.15) is 5.10 Å². The summed E-state index contributed by atoms with van der Waals surface area (Å²) in [5.74, 6) is 0.622. The summed E-state index contributed by atoms with van der Waals surface area (Å²) in [7, 11) is 0. The van der Waals surface area contributed by atoms with E-state index in [4.69, 9.17) is 4.74 Å². The van der Waals surface area contributed by atoms with Crippen LogP contribution >= 0.6 is 0 Å². The Morgan fingerprint density at radius 1 is 1.36 bits per heavy atom. The highest BCUT2D eigenvalue weighted by Crippen LogP contribution is 2.24. The number of pyridine rings is 1. The van der Waals surface area contributed by atoms with Gasteiger partial charge in [0, 0.05) is 5.69 Å². The van der Waals surface area contributed by atoms with Crippen molar-refractivity contribution in [1.82, 2.24) is 20.5 Å². The van der Waals surface area contributed by atoms with Gasteiger partial charge in [-0.25, -0.2) is 0 Å². The normalized spacial score (nSPS) is 20.8. The molecular weight excluding hydrogens is 280 g/mol. The van der Waals surface area contributed by atoms with Crippen molar-refractivity contribution in [3.05, 3.63) is 41.5 Å². The predicted molar refractivity (Wildman–Crippen MR) is 81.8 cm³/mol. The van der Waals surface area contributed by atoms with Crippen molar-refractivity contribution in [3.63, 3.8) is 0 Å². The molecule has 1 aliphatic carbocycles. The van der Waals surface area contributed by atoms with Gasteiger partial charge in [0.05, 0.1) is 29.7 Å². The van der Waals surface area contributed by atoms with Gasteiger partial charge in [0.25, 0.3) is 5.91 Å². The van der Waals surface area contributed by atoms with Crippen LogP contribution in [0.3, 0.4) is 0 Å². The van der Waals surface area contributed by atoms with E-state index in [0.717, 1.165) is 30.7 Å². The minimum atomic E-state index is -0.0855. The number of nitrogens with zero attached hydrogens (tertiary/aromatic N) is 2. The molecule has 116 valence electrons. The molecule has 0 bridgehead atoms. The maximum Gasteiger partial charge on any atom is 0.253 e. The minimum Gasteiger partial charge on any atom is -0.485 e. The van der Waals surface area contributed by atoms with Gasteiger partial charge in [-0.05, 0) is 45.2 Å². The summed E-state index contributed by atoms with van der Waals surface area (Å²) in [5, 5.41) is 9.68. The van der Waals surface area contributed by atoms with E-state index >= 15 is 0 Å². The molecule has 1 fully saturated rings. The molecule has 3 rings (SSSR count). The number of amides is 1. The topological polar surface area (TPSA) is 79.9 Å². The maximum absolute atomic E-state index is 12.5. The van der Waals surface area contributed by atoms with Crippen LogP contribution in [0.5, 0.6) is 5.75 Å². The monoisotopic (exact) mass is 300 g/mol. The molecule has 2 heterocycles. The summed E-state index contributed by atoms with van der Waals surface area (Å²) in [6, 6.07) is 3.70. The standard InChI is InChI=1S/C16H20N4O2/c1-10-6-7-13(11(2)19-10)16(21)20-14-4-3-5-15(14)22-12-8-17-18-9-12/h6-9,14-15H,3-5H2,1-2H3,(H,17,18)(H,20,21)/t14-,15+/m0/s1. The Morgan fingerprint density at radius 3 is 2.95 bits per heavy atom. The van der Waals surface area contributed by atoms with E-state index < -0.39 is 0 Å². The lowest BCUT2D eigenvalue weighted by Crippen LogP contribution is -2.42. The first kappa shape index (κ1) is 14.6. The number of hydrogen-bond acceptors (Lipinski definition) is 4. The summed E-state index contributed by atoms with van der Waals surface area (Å²) in [6.45, 7) is 3.77. The summed E-state index contributed by atoms with van der Waals surface area (Å²) >= 11 is 0. The third kappa shape index (κ3) is 3.10. The van der Waals surface area contributed by atoms with E-state index in [1.54, 1.807) is 12.4 Å². The molecule has 2 atom stereocenters. The number of carbonyl (C=O) groups is 1. The molecule has 1 amide bonds. The molecule has 0 spiro atoms.